The lowest BCUT2D eigenvalue weighted by molar-refractivity contribution is 0.0527. The van der Waals surface area contributed by atoms with Crippen molar-refractivity contribution in [1.29, 1.82) is 0 Å². The first kappa shape index (κ1) is 16.0. The van der Waals surface area contributed by atoms with Gasteiger partial charge in [0.25, 0.3) is 5.91 Å². The highest BCUT2D eigenvalue weighted by molar-refractivity contribution is 6.07. The van der Waals surface area contributed by atoms with Crippen LogP contribution in [0.3, 0.4) is 0 Å². The van der Waals surface area contributed by atoms with Crippen LogP contribution in [0.2, 0.25) is 0 Å². The van der Waals surface area contributed by atoms with Gasteiger partial charge < -0.3 is 15.4 Å². The van der Waals surface area contributed by atoms with Crippen molar-refractivity contribution in [3.8, 4) is 0 Å². The fourth-order valence-corrected chi connectivity index (χ4v) is 2.27. The molecule has 2 aromatic rings. The molecule has 0 aliphatic heterocycles. The maximum Gasteiger partial charge on any atom is 0.340 e. The topological polar surface area (TPSA) is 80.3 Å². The number of rotatable bonds is 6. The molecule has 1 aliphatic rings. The van der Waals surface area contributed by atoms with Gasteiger partial charge in [0.1, 0.15) is 5.69 Å². The maximum absolute atomic E-state index is 12.4. The van der Waals surface area contributed by atoms with Crippen LogP contribution >= 0.6 is 0 Å². The van der Waals surface area contributed by atoms with Gasteiger partial charge in [0.15, 0.2) is 0 Å². The summed E-state index contributed by atoms with van der Waals surface area (Å²) in [6, 6.07) is 10.8. The van der Waals surface area contributed by atoms with E-state index in [2.05, 4.69) is 15.6 Å². The van der Waals surface area contributed by atoms with E-state index in [1.165, 1.54) is 0 Å². The molecule has 1 fully saturated rings. The van der Waals surface area contributed by atoms with Gasteiger partial charge >= 0.3 is 5.97 Å². The predicted molar refractivity (Wildman–Crippen MR) is 91.2 cm³/mol. The Bertz CT molecular complexity index is 757. The normalized spacial score (nSPS) is 13.2. The molecule has 1 aromatic heterocycles. The van der Waals surface area contributed by atoms with Gasteiger partial charge in [-0.15, -0.1) is 0 Å². The fraction of sp³-hybridized carbons (Fsp3) is 0.278. The Morgan fingerprint density at radius 1 is 1.25 bits per heavy atom. The number of esters is 1. The second-order valence-corrected chi connectivity index (χ2v) is 5.57. The third kappa shape index (κ3) is 3.90. The number of benzene rings is 1. The van der Waals surface area contributed by atoms with Crippen LogP contribution in [0.25, 0.3) is 0 Å². The Morgan fingerprint density at radius 3 is 2.79 bits per heavy atom. The molecule has 1 saturated carbocycles. The Hall–Kier alpha value is -2.89. The Labute approximate surface area is 140 Å². The van der Waals surface area contributed by atoms with E-state index in [0.717, 1.165) is 18.5 Å². The number of nitrogens with one attached hydrogen (secondary N) is 2. The van der Waals surface area contributed by atoms with Crippen molar-refractivity contribution >= 4 is 23.3 Å². The van der Waals surface area contributed by atoms with Crippen LogP contribution < -0.4 is 10.6 Å². The lowest BCUT2D eigenvalue weighted by Gasteiger charge is -2.11. The summed E-state index contributed by atoms with van der Waals surface area (Å²) in [5.74, 6) is -0.836. The van der Waals surface area contributed by atoms with Gasteiger partial charge in [0.05, 0.1) is 17.9 Å². The number of hydrogen-bond acceptors (Lipinski definition) is 5. The molecular formula is C18H19N3O3. The molecule has 1 amide bonds. The second kappa shape index (κ2) is 7.12. The van der Waals surface area contributed by atoms with Crippen LogP contribution in [0.15, 0.2) is 42.6 Å². The predicted octanol–water partition coefficient (Wildman–Crippen LogP) is 3.08. The van der Waals surface area contributed by atoms with E-state index in [0.29, 0.717) is 23.0 Å². The summed E-state index contributed by atoms with van der Waals surface area (Å²) in [6.07, 6.45) is 3.89. The average Bonchev–Trinajstić information content (AvgIpc) is 3.40. The van der Waals surface area contributed by atoms with Crippen molar-refractivity contribution in [1.82, 2.24) is 4.98 Å². The lowest BCUT2D eigenvalue weighted by atomic mass is 10.1. The Balaban J connectivity index is 1.76. The number of hydrogen-bond donors (Lipinski definition) is 2. The van der Waals surface area contributed by atoms with Crippen LogP contribution in [0.5, 0.6) is 0 Å². The summed E-state index contributed by atoms with van der Waals surface area (Å²) in [5.41, 5.74) is 1.89. The fourth-order valence-electron chi connectivity index (χ4n) is 2.27. The smallest absolute Gasteiger partial charge is 0.340 e. The van der Waals surface area contributed by atoms with Crippen molar-refractivity contribution in [3.63, 3.8) is 0 Å². The second-order valence-electron chi connectivity index (χ2n) is 5.57. The highest BCUT2D eigenvalue weighted by Gasteiger charge is 2.21. The monoisotopic (exact) mass is 325 g/mol. The number of nitrogens with zero attached hydrogens (tertiary/aromatic N) is 1. The third-order valence-corrected chi connectivity index (χ3v) is 3.61. The van der Waals surface area contributed by atoms with Gasteiger partial charge in [-0.25, -0.2) is 4.79 Å². The molecule has 0 radical (unpaired) electrons. The number of pyridine rings is 1. The molecule has 6 heteroatoms. The van der Waals surface area contributed by atoms with Crippen LogP contribution in [0.4, 0.5) is 11.4 Å². The van der Waals surface area contributed by atoms with E-state index in [4.69, 9.17) is 4.74 Å². The molecule has 0 spiro atoms. The Morgan fingerprint density at radius 2 is 2.04 bits per heavy atom. The zero-order valence-electron chi connectivity index (χ0n) is 13.4. The van der Waals surface area contributed by atoms with Crippen LogP contribution in [-0.2, 0) is 4.74 Å². The minimum atomic E-state index is -0.467. The van der Waals surface area contributed by atoms with E-state index < -0.39 is 5.97 Å². The molecule has 0 atom stereocenters. The molecule has 0 saturated heterocycles. The Kier molecular flexibility index (Phi) is 4.74. The molecule has 3 rings (SSSR count). The zero-order valence-corrected chi connectivity index (χ0v) is 13.4. The summed E-state index contributed by atoms with van der Waals surface area (Å²) in [6.45, 7) is 2.01. The molecule has 2 N–H and O–H groups in total. The summed E-state index contributed by atoms with van der Waals surface area (Å²) in [5, 5.41) is 6.06. The lowest BCUT2D eigenvalue weighted by Crippen LogP contribution is -2.17. The first-order valence-electron chi connectivity index (χ1n) is 7.97. The molecular weight excluding hydrogens is 306 g/mol. The molecule has 1 heterocycles. The molecule has 0 bridgehead atoms. The number of para-hydroxylation sites is 1. The van der Waals surface area contributed by atoms with Gasteiger partial charge in [-0.1, -0.05) is 12.1 Å². The van der Waals surface area contributed by atoms with E-state index in [1.54, 1.807) is 43.5 Å². The minimum Gasteiger partial charge on any atom is -0.462 e. The van der Waals surface area contributed by atoms with Crippen molar-refractivity contribution in [2.45, 2.75) is 25.8 Å². The zero-order chi connectivity index (χ0) is 16.9. The highest BCUT2D eigenvalue weighted by Crippen LogP contribution is 2.25. The standard InChI is InChI=1S/C18H19N3O3/c1-2-24-18(23)14-5-3-4-6-15(14)21-17(22)16-11-13(9-10-19-16)20-12-7-8-12/h3-6,9-12H,2,7-8H2,1H3,(H,19,20)(H,21,22). The largest absolute Gasteiger partial charge is 0.462 e. The van der Waals surface area contributed by atoms with Gasteiger partial charge in [0.2, 0.25) is 0 Å². The van der Waals surface area contributed by atoms with Gasteiger partial charge in [-0.05, 0) is 44.0 Å². The summed E-state index contributed by atoms with van der Waals surface area (Å²) < 4.78 is 5.01. The summed E-state index contributed by atoms with van der Waals surface area (Å²) in [7, 11) is 0. The van der Waals surface area contributed by atoms with Crippen molar-refractivity contribution in [3.05, 3.63) is 53.9 Å². The number of ether oxygens (including phenoxy) is 1. The quantitative estimate of drug-likeness (QED) is 0.798. The summed E-state index contributed by atoms with van der Waals surface area (Å²) >= 11 is 0. The molecule has 1 aliphatic carbocycles. The van der Waals surface area contributed by atoms with Gasteiger partial charge in [-0.2, -0.15) is 0 Å². The SMILES string of the molecule is CCOC(=O)c1ccccc1NC(=O)c1cc(NC2CC2)ccn1. The number of aromatic nitrogens is 1. The van der Waals surface area contributed by atoms with Gasteiger partial charge in [-0.3, -0.25) is 9.78 Å². The first-order chi connectivity index (χ1) is 11.7. The van der Waals surface area contributed by atoms with Crippen LogP contribution in [0.1, 0.15) is 40.6 Å². The number of carbonyl (C=O) groups is 2. The molecule has 6 nitrogen and oxygen atoms in total. The van der Waals surface area contributed by atoms with E-state index >= 15 is 0 Å². The van der Waals surface area contributed by atoms with Crippen LogP contribution in [0, 0.1) is 0 Å². The maximum atomic E-state index is 12.4. The van der Waals surface area contributed by atoms with Gasteiger partial charge in [0, 0.05) is 17.9 Å². The average molecular weight is 325 g/mol. The van der Waals surface area contributed by atoms with E-state index in [1.807, 2.05) is 6.07 Å². The van der Waals surface area contributed by atoms with Crippen molar-refractivity contribution in [2.24, 2.45) is 0 Å². The minimum absolute atomic E-state index is 0.275. The van der Waals surface area contributed by atoms with Crippen molar-refractivity contribution < 1.29 is 14.3 Å². The third-order valence-electron chi connectivity index (χ3n) is 3.61. The number of anilines is 2. The van der Waals surface area contributed by atoms with Crippen molar-refractivity contribution in [2.75, 3.05) is 17.2 Å². The molecule has 0 unspecified atom stereocenters. The first-order valence-corrected chi connectivity index (χ1v) is 7.97. The molecule has 24 heavy (non-hydrogen) atoms. The van der Waals surface area contributed by atoms with E-state index in [9.17, 15) is 9.59 Å². The molecule has 124 valence electrons. The highest BCUT2D eigenvalue weighted by atomic mass is 16.5. The number of amides is 1. The van der Waals surface area contributed by atoms with E-state index in [-0.39, 0.29) is 12.5 Å². The van der Waals surface area contributed by atoms with Crippen LogP contribution in [-0.4, -0.2) is 29.5 Å². The number of carbonyl (C=O) groups excluding carboxylic acids is 2. The summed E-state index contributed by atoms with van der Waals surface area (Å²) in [4.78, 5) is 28.5. The molecule has 1 aromatic carbocycles.